The smallest absolute Gasteiger partial charge is 0.345 e. The van der Waals surface area contributed by atoms with Crippen molar-refractivity contribution in [1.82, 2.24) is 35.3 Å². The number of halogens is 1. The van der Waals surface area contributed by atoms with E-state index in [-0.39, 0.29) is 24.3 Å². The van der Waals surface area contributed by atoms with Crippen molar-refractivity contribution >= 4 is 23.0 Å². The van der Waals surface area contributed by atoms with Gasteiger partial charge >= 0.3 is 6.03 Å². The maximum Gasteiger partial charge on any atom is 0.345 e. The molecule has 3 aromatic heterocycles. The number of H-pyrrole nitrogens is 1. The number of piperazine rings is 1. The van der Waals surface area contributed by atoms with E-state index in [0.29, 0.717) is 41.4 Å². The first-order chi connectivity index (χ1) is 16.5. The molecule has 0 saturated carbocycles. The number of aromatic nitrogens is 4. The summed E-state index contributed by atoms with van der Waals surface area (Å²) in [6.45, 7) is 4.73. The number of benzene rings is 1. The molecular weight excluding hydrogens is 437 g/mol. The number of aromatic amines is 1. The van der Waals surface area contributed by atoms with Crippen LogP contribution in [0.1, 0.15) is 21.7 Å². The van der Waals surface area contributed by atoms with E-state index in [9.17, 15) is 14.0 Å². The Morgan fingerprint density at radius 2 is 1.94 bits per heavy atom. The zero-order valence-corrected chi connectivity index (χ0v) is 18.6. The Labute approximate surface area is 195 Å². The van der Waals surface area contributed by atoms with Gasteiger partial charge in [-0.2, -0.15) is 9.78 Å². The van der Waals surface area contributed by atoms with Crippen molar-refractivity contribution in [3.63, 3.8) is 0 Å². The number of pyridine rings is 1. The lowest BCUT2D eigenvalue weighted by atomic mass is 10.1. The second-order valence-corrected chi connectivity index (χ2v) is 8.17. The molecule has 3 N–H and O–H groups in total. The summed E-state index contributed by atoms with van der Waals surface area (Å²) in [6, 6.07) is 11.6. The Hall–Kier alpha value is -4.05. The van der Waals surface area contributed by atoms with Gasteiger partial charge in [0.15, 0.2) is 0 Å². The largest absolute Gasteiger partial charge is 0.347 e. The average molecular weight is 462 g/mol. The van der Waals surface area contributed by atoms with Gasteiger partial charge in [0.25, 0.3) is 5.91 Å². The number of nitrogens with zero attached hydrogens (tertiary/aromatic N) is 4. The summed E-state index contributed by atoms with van der Waals surface area (Å²) in [6.07, 6.45) is 1.63. The second kappa shape index (κ2) is 9.06. The van der Waals surface area contributed by atoms with Gasteiger partial charge < -0.3 is 20.5 Å². The molecule has 5 rings (SSSR count). The van der Waals surface area contributed by atoms with Crippen molar-refractivity contribution in [3.8, 4) is 11.3 Å². The Kier molecular flexibility index (Phi) is 5.81. The lowest BCUT2D eigenvalue weighted by Gasteiger charge is -2.27. The van der Waals surface area contributed by atoms with Gasteiger partial charge in [0, 0.05) is 49.2 Å². The highest BCUT2D eigenvalue weighted by Crippen LogP contribution is 2.24. The van der Waals surface area contributed by atoms with Gasteiger partial charge in [-0.1, -0.05) is 18.2 Å². The molecule has 1 aliphatic rings. The molecule has 1 aliphatic heterocycles. The summed E-state index contributed by atoms with van der Waals surface area (Å²) >= 11 is 0. The van der Waals surface area contributed by atoms with Crippen LogP contribution in [-0.2, 0) is 6.54 Å². The molecule has 0 radical (unpaired) electrons. The molecule has 0 spiro atoms. The molecule has 0 bridgehead atoms. The molecule has 0 aliphatic carbocycles. The third-order valence-electron chi connectivity index (χ3n) is 5.98. The van der Waals surface area contributed by atoms with E-state index in [1.54, 1.807) is 35.4 Å². The molecule has 0 unspecified atom stereocenters. The normalized spacial score (nSPS) is 13.9. The second-order valence-electron chi connectivity index (χ2n) is 8.17. The zero-order valence-electron chi connectivity index (χ0n) is 18.6. The quantitative estimate of drug-likeness (QED) is 0.433. The topological polar surface area (TPSA) is 108 Å². The van der Waals surface area contributed by atoms with Crippen LogP contribution in [0.4, 0.5) is 9.18 Å². The van der Waals surface area contributed by atoms with E-state index in [1.165, 1.54) is 10.7 Å². The van der Waals surface area contributed by atoms with E-state index in [0.717, 1.165) is 24.0 Å². The molecular formula is C24H24FN7O2. The highest BCUT2D eigenvalue weighted by atomic mass is 19.1. The SMILES string of the molecule is Cc1c(-c2ccc3cc(C(=O)NCc4ccccc4F)[nH]c3n2)cnn1C(=O)N1CCNCC1. The minimum absolute atomic E-state index is 0.0824. The Bertz CT molecular complexity index is 1370. The van der Waals surface area contributed by atoms with E-state index in [2.05, 4.69) is 25.7 Å². The van der Waals surface area contributed by atoms with Crippen molar-refractivity contribution < 1.29 is 14.0 Å². The fourth-order valence-corrected chi connectivity index (χ4v) is 4.03. The van der Waals surface area contributed by atoms with Gasteiger partial charge in [0.2, 0.25) is 0 Å². The summed E-state index contributed by atoms with van der Waals surface area (Å²) in [5, 5.41) is 11.0. The van der Waals surface area contributed by atoms with Gasteiger partial charge in [-0.15, -0.1) is 0 Å². The first-order valence-corrected chi connectivity index (χ1v) is 11.1. The van der Waals surface area contributed by atoms with Crippen LogP contribution in [0.5, 0.6) is 0 Å². The Morgan fingerprint density at radius 1 is 1.15 bits per heavy atom. The molecule has 1 aromatic carbocycles. The number of nitrogens with one attached hydrogen (secondary N) is 3. The summed E-state index contributed by atoms with van der Waals surface area (Å²) < 4.78 is 15.2. The number of carbonyl (C=O) groups excluding carboxylic acids is 2. The monoisotopic (exact) mass is 461 g/mol. The molecule has 34 heavy (non-hydrogen) atoms. The number of fused-ring (bicyclic) bond motifs is 1. The van der Waals surface area contributed by atoms with Crippen molar-refractivity contribution in [2.24, 2.45) is 0 Å². The average Bonchev–Trinajstić information content (AvgIpc) is 3.46. The molecule has 4 heterocycles. The van der Waals surface area contributed by atoms with Crippen LogP contribution in [0.25, 0.3) is 22.3 Å². The lowest BCUT2D eigenvalue weighted by Crippen LogP contribution is -2.48. The van der Waals surface area contributed by atoms with Crippen LogP contribution in [-0.4, -0.2) is 62.8 Å². The lowest BCUT2D eigenvalue weighted by molar-refractivity contribution is 0.0946. The predicted molar refractivity (Wildman–Crippen MR) is 125 cm³/mol. The van der Waals surface area contributed by atoms with E-state index >= 15 is 0 Å². The molecule has 0 atom stereocenters. The molecule has 4 aromatic rings. The predicted octanol–water partition coefficient (Wildman–Crippen LogP) is 2.68. The van der Waals surface area contributed by atoms with Crippen molar-refractivity contribution in [1.29, 1.82) is 0 Å². The van der Waals surface area contributed by atoms with Gasteiger partial charge in [-0.25, -0.2) is 14.2 Å². The molecule has 174 valence electrons. The van der Waals surface area contributed by atoms with Crippen LogP contribution in [0.3, 0.4) is 0 Å². The van der Waals surface area contributed by atoms with Gasteiger partial charge in [-0.3, -0.25) is 4.79 Å². The van der Waals surface area contributed by atoms with E-state index in [1.807, 2.05) is 19.1 Å². The molecule has 2 amide bonds. The fraction of sp³-hybridized carbons (Fsp3) is 0.250. The first kappa shape index (κ1) is 21.8. The van der Waals surface area contributed by atoms with Crippen molar-refractivity contribution in [2.45, 2.75) is 13.5 Å². The zero-order chi connectivity index (χ0) is 23.7. The summed E-state index contributed by atoms with van der Waals surface area (Å²) in [5.41, 5.74) is 3.36. The number of amides is 2. The molecule has 1 saturated heterocycles. The van der Waals surface area contributed by atoms with Crippen LogP contribution >= 0.6 is 0 Å². The summed E-state index contributed by atoms with van der Waals surface area (Å²) in [4.78, 5) is 34.9. The molecule has 10 heteroatoms. The van der Waals surface area contributed by atoms with Crippen LogP contribution in [0.2, 0.25) is 0 Å². The maximum absolute atomic E-state index is 13.8. The highest BCUT2D eigenvalue weighted by Gasteiger charge is 2.22. The minimum atomic E-state index is -0.364. The summed E-state index contributed by atoms with van der Waals surface area (Å²) in [7, 11) is 0. The standard InChI is InChI=1S/C24H24FN7O2/c1-15-18(14-28-32(15)24(34)31-10-8-26-9-11-31)20-7-6-16-12-21(30-22(16)29-20)23(33)27-13-17-4-2-3-5-19(17)25/h2-7,12,14,26H,8-11,13H2,1H3,(H,27,33)(H,29,30). The van der Waals surface area contributed by atoms with Crippen LogP contribution < -0.4 is 10.6 Å². The van der Waals surface area contributed by atoms with Gasteiger partial charge in [-0.05, 0) is 31.2 Å². The Morgan fingerprint density at radius 3 is 2.74 bits per heavy atom. The van der Waals surface area contributed by atoms with Gasteiger partial charge in [0.05, 0.1) is 17.6 Å². The van der Waals surface area contributed by atoms with Crippen LogP contribution in [0.15, 0.2) is 48.7 Å². The summed E-state index contributed by atoms with van der Waals surface area (Å²) in [5.74, 6) is -0.717. The third-order valence-corrected chi connectivity index (χ3v) is 5.98. The number of hydrogen-bond acceptors (Lipinski definition) is 5. The maximum atomic E-state index is 13.8. The van der Waals surface area contributed by atoms with Crippen molar-refractivity contribution in [3.05, 3.63) is 71.4 Å². The van der Waals surface area contributed by atoms with Crippen molar-refractivity contribution in [2.75, 3.05) is 26.2 Å². The van der Waals surface area contributed by atoms with E-state index in [4.69, 9.17) is 0 Å². The first-order valence-electron chi connectivity index (χ1n) is 11.1. The van der Waals surface area contributed by atoms with Gasteiger partial charge in [0.1, 0.15) is 17.2 Å². The molecule has 1 fully saturated rings. The Balaban J connectivity index is 1.35. The number of carbonyl (C=O) groups is 2. The minimum Gasteiger partial charge on any atom is -0.347 e. The van der Waals surface area contributed by atoms with Crippen LogP contribution in [0, 0.1) is 12.7 Å². The molecule has 9 nitrogen and oxygen atoms in total. The number of rotatable bonds is 4. The number of hydrogen-bond donors (Lipinski definition) is 3. The highest BCUT2D eigenvalue weighted by molar-refractivity contribution is 5.97. The van der Waals surface area contributed by atoms with E-state index < -0.39 is 0 Å². The third kappa shape index (κ3) is 4.15. The fourth-order valence-electron chi connectivity index (χ4n) is 4.03.